The molecule has 0 saturated carbocycles. The highest BCUT2D eigenvalue weighted by Crippen LogP contribution is 2.39. The number of nitrogens with zero attached hydrogens (tertiary/aromatic N) is 4. The molecule has 0 aliphatic carbocycles. The van der Waals surface area contributed by atoms with Crippen molar-refractivity contribution in [2.45, 2.75) is 6.92 Å². The number of rotatable bonds is 6. The Morgan fingerprint density at radius 3 is 2.11 bits per heavy atom. The van der Waals surface area contributed by atoms with Crippen LogP contribution in [-0.2, 0) is 0 Å². The molecule has 3 aromatic rings. The molecular weight excluding hydrogens is 480 g/mol. The van der Waals surface area contributed by atoms with Crippen LogP contribution in [0.15, 0.2) is 30.6 Å². The molecule has 2 aromatic carbocycles. The van der Waals surface area contributed by atoms with E-state index in [4.69, 9.17) is 14.2 Å². The third kappa shape index (κ3) is 5.67. The van der Waals surface area contributed by atoms with Gasteiger partial charge in [-0.1, -0.05) is 11.8 Å². The molecule has 1 aliphatic rings. The van der Waals surface area contributed by atoms with Gasteiger partial charge >= 0.3 is 0 Å². The van der Waals surface area contributed by atoms with Gasteiger partial charge in [-0.05, 0) is 25.6 Å². The fraction of sp³-hybridized carbons (Fsp3) is 0.333. The maximum atomic E-state index is 14.5. The largest absolute Gasteiger partial charge is 0.494 e. The van der Waals surface area contributed by atoms with Gasteiger partial charge in [-0.15, -0.1) is 0 Å². The topological polar surface area (TPSA) is 72.0 Å². The monoisotopic (exact) mass is 509 g/mol. The van der Waals surface area contributed by atoms with Crippen LogP contribution < -0.4 is 24.4 Å². The molecule has 4 rings (SSSR count). The number of hydrogen-bond acceptors (Lipinski definition) is 8. The second kappa shape index (κ2) is 11.3. The van der Waals surface area contributed by atoms with Crippen LogP contribution in [0.25, 0.3) is 0 Å². The molecule has 1 aliphatic heterocycles. The molecule has 10 heteroatoms. The molecule has 1 N–H and O–H groups in total. The summed E-state index contributed by atoms with van der Waals surface area (Å²) < 4.78 is 45.1. The average Bonchev–Trinajstić information content (AvgIpc) is 2.91. The van der Waals surface area contributed by atoms with Crippen molar-refractivity contribution in [1.82, 2.24) is 14.9 Å². The number of benzene rings is 2. The average molecular weight is 510 g/mol. The first-order chi connectivity index (χ1) is 17.8. The lowest BCUT2D eigenvalue weighted by molar-refractivity contribution is 0.310. The van der Waals surface area contributed by atoms with Gasteiger partial charge in [-0.25, -0.2) is 18.7 Å². The van der Waals surface area contributed by atoms with Gasteiger partial charge in [0.1, 0.15) is 22.9 Å². The summed E-state index contributed by atoms with van der Waals surface area (Å²) in [6.45, 7) is 5.22. The predicted octanol–water partition coefficient (Wildman–Crippen LogP) is 3.98. The van der Waals surface area contributed by atoms with Crippen LogP contribution >= 0.6 is 0 Å². The number of methoxy groups -OCH3 is 3. The highest BCUT2D eigenvalue weighted by Gasteiger charge is 2.21. The molecule has 37 heavy (non-hydrogen) atoms. The molecule has 0 amide bonds. The second-order valence-electron chi connectivity index (χ2n) is 8.58. The van der Waals surface area contributed by atoms with E-state index in [1.54, 1.807) is 14.2 Å². The molecular formula is C27H29F2N5O3. The van der Waals surface area contributed by atoms with Crippen molar-refractivity contribution in [1.29, 1.82) is 0 Å². The molecule has 0 unspecified atom stereocenters. The van der Waals surface area contributed by atoms with E-state index in [0.717, 1.165) is 31.9 Å². The van der Waals surface area contributed by atoms with E-state index in [9.17, 15) is 8.78 Å². The molecule has 194 valence electrons. The zero-order valence-electron chi connectivity index (χ0n) is 21.5. The lowest BCUT2D eigenvalue weighted by Gasteiger charge is -2.35. The van der Waals surface area contributed by atoms with Gasteiger partial charge in [-0.3, -0.25) is 0 Å². The Kier molecular flexibility index (Phi) is 7.94. The number of ether oxygens (including phenoxy) is 3. The van der Waals surface area contributed by atoms with Crippen LogP contribution in [0.5, 0.6) is 17.2 Å². The first-order valence-corrected chi connectivity index (χ1v) is 11.7. The van der Waals surface area contributed by atoms with Crippen molar-refractivity contribution in [3.63, 3.8) is 0 Å². The van der Waals surface area contributed by atoms with E-state index in [0.29, 0.717) is 28.7 Å². The normalized spacial score (nSPS) is 13.5. The van der Waals surface area contributed by atoms with Gasteiger partial charge in [-0.2, -0.15) is 0 Å². The van der Waals surface area contributed by atoms with Crippen molar-refractivity contribution in [3.05, 3.63) is 58.9 Å². The van der Waals surface area contributed by atoms with Gasteiger partial charge in [0.2, 0.25) is 5.95 Å². The minimum Gasteiger partial charge on any atom is -0.494 e. The summed E-state index contributed by atoms with van der Waals surface area (Å²) >= 11 is 0. The molecule has 1 aromatic heterocycles. The molecule has 8 nitrogen and oxygen atoms in total. The fourth-order valence-electron chi connectivity index (χ4n) is 3.98. The Balaban J connectivity index is 1.56. The minimum atomic E-state index is -0.849. The predicted molar refractivity (Wildman–Crippen MR) is 138 cm³/mol. The van der Waals surface area contributed by atoms with E-state index < -0.39 is 11.6 Å². The molecule has 0 bridgehead atoms. The Labute approximate surface area is 215 Å². The van der Waals surface area contributed by atoms with Crippen molar-refractivity contribution in [3.8, 4) is 29.1 Å². The number of halogens is 2. The van der Waals surface area contributed by atoms with E-state index in [-0.39, 0.29) is 16.9 Å². The van der Waals surface area contributed by atoms with Crippen molar-refractivity contribution in [2.24, 2.45) is 0 Å². The van der Waals surface area contributed by atoms with E-state index >= 15 is 0 Å². The highest BCUT2D eigenvalue weighted by molar-refractivity contribution is 5.74. The number of aryl methyl sites for hydroxylation is 1. The number of hydrogen-bond donors (Lipinski definition) is 1. The minimum absolute atomic E-state index is 0.0676. The molecule has 0 spiro atoms. The van der Waals surface area contributed by atoms with Crippen LogP contribution in [0, 0.1) is 30.4 Å². The Morgan fingerprint density at radius 2 is 1.49 bits per heavy atom. The smallest absolute Gasteiger partial charge is 0.227 e. The van der Waals surface area contributed by atoms with Crippen molar-refractivity contribution < 1.29 is 23.0 Å². The van der Waals surface area contributed by atoms with E-state index in [1.165, 1.54) is 32.5 Å². The SMILES string of the molecule is COc1cc(N2CCN(C)CC2)c(OC)cc1Nc1ncc(C#Cc2c(F)c(C)cc(OC)c2F)cn1. The van der Waals surface area contributed by atoms with Crippen molar-refractivity contribution >= 4 is 17.3 Å². The summed E-state index contributed by atoms with van der Waals surface area (Å²) in [5.41, 5.74) is 1.85. The van der Waals surface area contributed by atoms with Crippen LogP contribution in [0.3, 0.4) is 0 Å². The van der Waals surface area contributed by atoms with Gasteiger partial charge < -0.3 is 29.3 Å². The maximum Gasteiger partial charge on any atom is 0.227 e. The summed E-state index contributed by atoms with van der Waals surface area (Å²) in [4.78, 5) is 13.1. The van der Waals surface area contributed by atoms with Crippen LogP contribution in [-0.4, -0.2) is 69.4 Å². The second-order valence-corrected chi connectivity index (χ2v) is 8.58. The summed E-state index contributed by atoms with van der Waals surface area (Å²) in [7, 11) is 6.65. The highest BCUT2D eigenvalue weighted by atomic mass is 19.1. The Hall–Kier alpha value is -4.10. The van der Waals surface area contributed by atoms with Crippen LogP contribution in [0.2, 0.25) is 0 Å². The number of anilines is 3. The molecule has 1 saturated heterocycles. The van der Waals surface area contributed by atoms with E-state index in [1.807, 2.05) is 12.1 Å². The van der Waals surface area contributed by atoms with Gasteiger partial charge in [0.05, 0.1) is 38.3 Å². The maximum absolute atomic E-state index is 14.5. The number of aromatic nitrogens is 2. The first-order valence-electron chi connectivity index (χ1n) is 11.7. The molecule has 2 heterocycles. The zero-order valence-corrected chi connectivity index (χ0v) is 21.5. The molecule has 0 radical (unpaired) electrons. The fourth-order valence-corrected chi connectivity index (χ4v) is 3.98. The molecule has 0 atom stereocenters. The summed E-state index contributed by atoms with van der Waals surface area (Å²) in [6, 6.07) is 5.08. The lowest BCUT2D eigenvalue weighted by Crippen LogP contribution is -2.44. The number of piperazine rings is 1. The summed E-state index contributed by atoms with van der Waals surface area (Å²) in [6.07, 6.45) is 2.93. The Bertz CT molecular complexity index is 1330. The quantitative estimate of drug-likeness (QED) is 0.501. The number of nitrogens with one attached hydrogen (secondary N) is 1. The van der Waals surface area contributed by atoms with Crippen LogP contribution in [0.1, 0.15) is 16.7 Å². The summed E-state index contributed by atoms with van der Waals surface area (Å²) in [5.74, 6) is 5.21. The zero-order chi connectivity index (χ0) is 26.5. The standard InChI is InChI=1S/C27H29F2N5O3/c1-17-12-24(37-5)26(29)19(25(17)28)7-6-18-15-30-27(31-16-18)32-20-13-23(36-4)21(14-22(20)35-3)34-10-8-33(2)9-11-34/h12-16H,8-11H2,1-5H3,(H,30,31,32). The molecule has 1 fully saturated rings. The summed E-state index contributed by atoms with van der Waals surface area (Å²) in [5, 5.41) is 3.14. The van der Waals surface area contributed by atoms with Gasteiger partial charge in [0.25, 0.3) is 0 Å². The van der Waals surface area contributed by atoms with Crippen molar-refractivity contribution in [2.75, 3.05) is 64.8 Å². The van der Waals surface area contributed by atoms with Gasteiger partial charge in [0.15, 0.2) is 11.6 Å². The van der Waals surface area contributed by atoms with Gasteiger partial charge in [0, 0.05) is 50.7 Å². The first kappa shape index (κ1) is 26.0. The Morgan fingerprint density at radius 1 is 0.838 bits per heavy atom. The third-order valence-electron chi connectivity index (χ3n) is 6.14. The van der Waals surface area contributed by atoms with Crippen LogP contribution in [0.4, 0.5) is 26.1 Å². The van der Waals surface area contributed by atoms with E-state index in [2.05, 4.69) is 44.0 Å². The third-order valence-corrected chi connectivity index (χ3v) is 6.14. The lowest BCUT2D eigenvalue weighted by atomic mass is 10.1. The number of likely N-dealkylation sites (N-methyl/N-ethyl adjacent to an activating group) is 1.